The van der Waals surface area contributed by atoms with Crippen molar-refractivity contribution < 1.29 is 8.78 Å². The third-order valence-corrected chi connectivity index (χ3v) is 5.22. The van der Waals surface area contributed by atoms with Gasteiger partial charge in [-0.1, -0.05) is 37.8 Å². The number of aromatic amines is 1. The fraction of sp³-hybridized carbons (Fsp3) is 0.261. The summed E-state index contributed by atoms with van der Waals surface area (Å²) in [5.74, 6) is -3.32. The number of nitrogens with zero attached hydrogens (tertiary/aromatic N) is 3. The second-order valence-corrected chi connectivity index (χ2v) is 7.37. The molecule has 1 aliphatic heterocycles. The number of amidine groups is 1. The summed E-state index contributed by atoms with van der Waals surface area (Å²) >= 11 is 0. The zero-order valence-electron chi connectivity index (χ0n) is 16.9. The lowest BCUT2D eigenvalue weighted by atomic mass is 9.97. The van der Waals surface area contributed by atoms with Gasteiger partial charge in [-0.3, -0.25) is 5.41 Å². The molecule has 0 unspecified atom stereocenters. The van der Waals surface area contributed by atoms with Gasteiger partial charge < -0.3 is 9.88 Å². The van der Waals surface area contributed by atoms with Crippen LogP contribution in [0.4, 0.5) is 8.78 Å². The van der Waals surface area contributed by atoms with Gasteiger partial charge in [-0.25, -0.2) is 13.8 Å². The fourth-order valence-electron chi connectivity index (χ4n) is 3.64. The van der Waals surface area contributed by atoms with Gasteiger partial charge in [0.2, 0.25) is 0 Å². The molecule has 1 aliphatic rings. The van der Waals surface area contributed by atoms with E-state index in [4.69, 9.17) is 10.7 Å². The standard InChI is InChI=1S/C23H23F2N5/c1-4-6-15(2)22-23(24,25)16(3)14-30(22)20(27)9-10-21-28-13-19(29-21)18-8-5-7-17(11-18)12-26/h4-11,13,16,22,27H,1,14H2,2-3H3,(H,28,29)/b10-9-,15-6+,27-20?/t16-,22+/m0/s1. The molecule has 30 heavy (non-hydrogen) atoms. The van der Waals surface area contributed by atoms with Crippen LogP contribution in [-0.4, -0.2) is 39.2 Å². The Morgan fingerprint density at radius 2 is 2.23 bits per heavy atom. The number of benzene rings is 1. The van der Waals surface area contributed by atoms with Crippen molar-refractivity contribution in [3.05, 3.63) is 72.2 Å². The van der Waals surface area contributed by atoms with E-state index in [2.05, 4.69) is 22.6 Å². The quantitative estimate of drug-likeness (QED) is 0.415. The van der Waals surface area contributed by atoms with E-state index in [1.54, 1.807) is 43.5 Å². The Morgan fingerprint density at radius 3 is 2.93 bits per heavy atom. The monoisotopic (exact) mass is 407 g/mol. The fourth-order valence-corrected chi connectivity index (χ4v) is 3.64. The lowest BCUT2D eigenvalue weighted by Crippen LogP contribution is -2.43. The highest BCUT2D eigenvalue weighted by molar-refractivity contribution is 5.94. The van der Waals surface area contributed by atoms with Gasteiger partial charge in [0.15, 0.2) is 0 Å². The van der Waals surface area contributed by atoms with E-state index in [9.17, 15) is 8.78 Å². The van der Waals surface area contributed by atoms with Crippen molar-refractivity contribution in [1.29, 1.82) is 10.7 Å². The van der Waals surface area contributed by atoms with Gasteiger partial charge in [0, 0.05) is 18.0 Å². The first-order valence-electron chi connectivity index (χ1n) is 9.53. The van der Waals surface area contributed by atoms with Crippen molar-refractivity contribution in [2.75, 3.05) is 6.54 Å². The second-order valence-electron chi connectivity index (χ2n) is 7.37. The minimum Gasteiger partial charge on any atom is -0.344 e. The Kier molecular flexibility index (Phi) is 5.97. The van der Waals surface area contributed by atoms with E-state index in [1.165, 1.54) is 24.0 Å². The van der Waals surface area contributed by atoms with Crippen LogP contribution in [-0.2, 0) is 0 Å². The smallest absolute Gasteiger partial charge is 0.276 e. The number of likely N-dealkylation sites (tertiary alicyclic amines) is 1. The highest BCUT2D eigenvalue weighted by atomic mass is 19.3. The maximum atomic E-state index is 14.7. The molecule has 0 aliphatic carbocycles. The van der Waals surface area contributed by atoms with E-state index < -0.39 is 17.9 Å². The zero-order chi connectivity index (χ0) is 21.9. The molecule has 1 fully saturated rings. The number of nitrogens with one attached hydrogen (secondary N) is 2. The molecule has 0 radical (unpaired) electrons. The van der Waals surface area contributed by atoms with Crippen molar-refractivity contribution in [1.82, 2.24) is 14.9 Å². The van der Waals surface area contributed by atoms with E-state index in [0.29, 0.717) is 17.0 Å². The van der Waals surface area contributed by atoms with Crippen LogP contribution in [0.25, 0.3) is 17.3 Å². The zero-order valence-corrected chi connectivity index (χ0v) is 16.9. The number of aromatic nitrogens is 2. The predicted octanol–water partition coefficient (Wildman–Crippen LogP) is 5.03. The number of allylic oxidation sites excluding steroid dienone is 2. The summed E-state index contributed by atoms with van der Waals surface area (Å²) in [6.45, 7) is 6.81. The number of halogens is 2. The van der Waals surface area contributed by atoms with Crippen molar-refractivity contribution in [2.24, 2.45) is 5.92 Å². The summed E-state index contributed by atoms with van der Waals surface area (Å²) in [4.78, 5) is 8.78. The minimum absolute atomic E-state index is 0.00901. The maximum Gasteiger partial charge on any atom is 0.276 e. The first kappa shape index (κ1) is 21.2. The minimum atomic E-state index is -2.94. The second kappa shape index (κ2) is 8.46. The van der Waals surface area contributed by atoms with Crippen LogP contribution in [0, 0.1) is 22.7 Å². The number of alkyl halides is 2. The van der Waals surface area contributed by atoms with Gasteiger partial charge in [0.25, 0.3) is 5.92 Å². The molecule has 1 saturated heterocycles. The normalized spacial score (nSPS) is 21.0. The molecule has 2 aromatic rings. The Hall–Kier alpha value is -3.53. The maximum absolute atomic E-state index is 14.7. The van der Waals surface area contributed by atoms with Crippen molar-refractivity contribution in [3.8, 4) is 17.3 Å². The molecule has 3 rings (SSSR count). The SMILES string of the molecule is C=C/C=C(\C)[C@H]1N(C(=N)/C=C\c2ncc(-c3cccc(C#N)c3)[nH]2)C[C@H](C)C1(F)F. The Morgan fingerprint density at radius 1 is 1.47 bits per heavy atom. The molecule has 0 spiro atoms. The van der Waals surface area contributed by atoms with E-state index in [-0.39, 0.29) is 12.4 Å². The third kappa shape index (κ3) is 4.08. The van der Waals surface area contributed by atoms with Gasteiger partial charge in [-0.05, 0) is 36.8 Å². The molecule has 2 heterocycles. The molecule has 0 amide bonds. The van der Waals surface area contributed by atoms with Crippen LogP contribution in [0.3, 0.4) is 0 Å². The molecular weight excluding hydrogens is 384 g/mol. The Bertz CT molecular complexity index is 1060. The molecule has 0 saturated carbocycles. The number of rotatable bonds is 5. The van der Waals surface area contributed by atoms with Crippen LogP contribution in [0.1, 0.15) is 25.2 Å². The van der Waals surface area contributed by atoms with Gasteiger partial charge in [-0.2, -0.15) is 5.26 Å². The highest BCUT2D eigenvalue weighted by Gasteiger charge is 2.55. The number of nitriles is 1. The lowest BCUT2D eigenvalue weighted by Gasteiger charge is -2.29. The summed E-state index contributed by atoms with van der Waals surface area (Å²) < 4.78 is 29.4. The van der Waals surface area contributed by atoms with Crippen LogP contribution < -0.4 is 0 Å². The molecule has 5 nitrogen and oxygen atoms in total. The summed E-state index contributed by atoms with van der Waals surface area (Å²) in [7, 11) is 0. The third-order valence-electron chi connectivity index (χ3n) is 5.22. The summed E-state index contributed by atoms with van der Waals surface area (Å²) in [5.41, 5.74) is 2.55. The molecular formula is C23H23F2N5. The van der Waals surface area contributed by atoms with E-state index in [1.807, 2.05) is 6.07 Å². The average molecular weight is 407 g/mol. The van der Waals surface area contributed by atoms with Crippen molar-refractivity contribution in [3.63, 3.8) is 0 Å². The topological polar surface area (TPSA) is 79.6 Å². The largest absolute Gasteiger partial charge is 0.344 e. The summed E-state index contributed by atoms with van der Waals surface area (Å²) in [5, 5.41) is 17.4. The number of H-pyrrole nitrogens is 1. The number of imidazole rings is 1. The molecule has 1 aromatic heterocycles. The van der Waals surface area contributed by atoms with Crippen LogP contribution in [0.15, 0.2) is 60.8 Å². The predicted molar refractivity (Wildman–Crippen MR) is 114 cm³/mol. The van der Waals surface area contributed by atoms with Gasteiger partial charge in [0.05, 0.1) is 23.5 Å². The van der Waals surface area contributed by atoms with Crippen molar-refractivity contribution >= 4 is 11.9 Å². The van der Waals surface area contributed by atoms with Gasteiger partial charge >= 0.3 is 0 Å². The van der Waals surface area contributed by atoms with Gasteiger partial charge in [-0.15, -0.1) is 0 Å². The van der Waals surface area contributed by atoms with Gasteiger partial charge in [0.1, 0.15) is 17.7 Å². The highest BCUT2D eigenvalue weighted by Crippen LogP contribution is 2.42. The molecule has 2 atom stereocenters. The number of hydrogen-bond donors (Lipinski definition) is 2. The molecule has 7 heteroatoms. The first-order valence-corrected chi connectivity index (χ1v) is 9.53. The Labute approximate surface area is 174 Å². The molecule has 2 N–H and O–H groups in total. The average Bonchev–Trinajstić information content (AvgIpc) is 3.29. The van der Waals surface area contributed by atoms with E-state index >= 15 is 0 Å². The van der Waals surface area contributed by atoms with Crippen molar-refractivity contribution in [2.45, 2.75) is 25.8 Å². The van der Waals surface area contributed by atoms with E-state index in [0.717, 1.165) is 11.3 Å². The summed E-state index contributed by atoms with van der Waals surface area (Å²) in [6.07, 6.45) is 7.74. The first-order chi connectivity index (χ1) is 14.3. The molecule has 1 aromatic carbocycles. The summed E-state index contributed by atoms with van der Waals surface area (Å²) in [6, 6.07) is 8.02. The van der Waals surface area contributed by atoms with Crippen LogP contribution >= 0.6 is 0 Å². The lowest BCUT2D eigenvalue weighted by molar-refractivity contribution is -0.0425. The molecule has 154 valence electrons. The number of hydrogen-bond acceptors (Lipinski definition) is 3. The van der Waals surface area contributed by atoms with Crippen LogP contribution in [0.5, 0.6) is 0 Å². The molecule has 0 bridgehead atoms. The Balaban J connectivity index is 1.80. The van der Waals surface area contributed by atoms with Crippen LogP contribution in [0.2, 0.25) is 0 Å².